The molecule has 7 heteroatoms. The van der Waals surface area contributed by atoms with Crippen molar-refractivity contribution >= 4 is 29.0 Å². The standard InChI is InChI=1S/C18H24ClN5O/c1-12-10-13(2)17(14(19)11-12)21-16-7-6-15(22-23-16)18(25)20-8-5-9-24(3)4/h6-7,10-11H,5,8-9H2,1-4H3,(H,20,25)(H,21,23). The van der Waals surface area contributed by atoms with Gasteiger partial charge in [0.2, 0.25) is 0 Å². The van der Waals surface area contributed by atoms with E-state index in [-0.39, 0.29) is 5.91 Å². The summed E-state index contributed by atoms with van der Waals surface area (Å²) in [6.45, 7) is 5.50. The van der Waals surface area contributed by atoms with E-state index in [2.05, 4.69) is 25.7 Å². The van der Waals surface area contributed by atoms with Crippen molar-refractivity contribution in [2.24, 2.45) is 0 Å². The first-order valence-electron chi connectivity index (χ1n) is 8.17. The molecule has 0 aliphatic rings. The summed E-state index contributed by atoms with van der Waals surface area (Å²) in [5, 5.41) is 14.7. The van der Waals surface area contributed by atoms with Gasteiger partial charge in [-0.2, -0.15) is 0 Å². The fraction of sp³-hybridized carbons (Fsp3) is 0.389. The first-order valence-corrected chi connectivity index (χ1v) is 8.55. The van der Waals surface area contributed by atoms with Crippen molar-refractivity contribution in [2.75, 3.05) is 32.5 Å². The Morgan fingerprint density at radius 1 is 1.20 bits per heavy atom. The molecule has 0 fully saturated rings. The van der Waals surface area contributed by atoms with E-state index in [1.54, 1.807) is 12.1 Å². The normalized spacial score (nSPS) is 10.8. The average molecular weight is 362 g/mol. The molecule has 1 aromatic heterocycles. The minimum Gasteiger partial charge on any atom is -0.351 e. The van der Waals surface area contributed by atoms with Crippen molar-refractivity contribution in [3.05, 3.63) is 46.1 Å². The Morgan fingerprint density at radius 2 is 1.96 bits per heavy atom. The van der Waals surface area contributed by atoms with Gasteiger partial charge in [-0.25, -0.2) is 0 Å². The van der Waals surface area contributed by atoms with E-state index in [1.807, 2.05) is 40.1 Å². The first kappa shape index (κ1) is 19.1. The number of hydrogen-bond acceptors (Lipinski definition) is 5. The zero-order valence-corrected chi connectivity index (χ0v) is 15.8. The summed E-state index contributed by atoms with van der Waals surface area (Å²) in [4.78, 5) is 14.1. The van der Waals surface area contributed by atoms with E-state index in [9.17, 15) is 4.79 Å². The summed E-state index contributed by atoms with van der Waals surface area (Å²) in [6.07, 6.45) is 0.886. The number of hydrogen-bond donors (Lipinski definition) is 2. The maximum atomic E-state index is 12.0. The number of benzene rings is 1. The van der Waals surface area contributed by atoms with Crippen LogP contribution in [0.2, 0.25) is 5.02 Å². The second kappa shape index (κ2) is 8.78. The van der Waals surface area contributed by atoms with Crippen molar-refractivity contribution in [1.82, 2.24) is 20.4 Å². The molecule has 25 heavy (non-hydrogen) atoms. The van der Waals surface area contributed by atoms with Crippen molar-refractivity contribution in [1.29, 1.82) is 0 Å². The van der Waals surface area contributed by atoms with Crippen LogP contribution in [0, 0.1) is 13.8 Å². The van der Waals surface area contributed by atoms with Crippen LogP contribution in [-0.2, 0) is 0 Å². The summed E-state index contributed by atoms with van der Waals surface area (Å²) in [6, 6.07) is 7.29. The molecule has 0 saturated carbocycles. The molecule has 0 saturated heterocycles. The van der Waals surface area contributed by atoms with Crippen LogP contribution >= 0.6 is 11.6 Å². The van der Waals surface area contributed by atoms with Crippen LogP contribution in [-0.4, -0.2) is 48.2 Å². The number of halogens is 1. The molecular formula is C18H24ClN5O. The van der Waals surface area contributed by atoms with E-state index in [4.69, 9.17) is 11.6 Å². The Balaban J connectivity index is 1.97. The van der Waals surface area contributed by atoms with E-state index in [0.717, 1.165) is 29.8 Å². The highest BCUT2D eigenvalue weighted by Crippen LogP contribution is 2.29. The summed E-state index contributed by atoms with van der Waals surface area (Å²) in [5.74, 6) is 0.320. The minimum absolute atomic E-state index is 0.220. The van der Waals surface area contributed by atoms with Gasteiger partial charge in [0.25, 0.3) is 5.91 Å². The lowest BCUT2D eigenvalue weighted by atomic mass is 10.1. The number of carbonyl (C=O) groups is 1. The number of aryl methyl sites for hydroxylation is 2. The minimum atomic E-state index is -0.220. The maximum absolute atomic E-state index is 12.0. The smallest absolute Gasteiger partial charge is 0.271 e. The number of amides is 1. The zero-order valence-electron chi connectivity index (χ0n) is 15.1. The lowest BCUT2D eigenvalue weighted by Crippen LogP contribution is -2.28. The van der Waals surface area contributed by atoms with Gasteiger partial charge in [-0.1, -0.05) is 17.7 Å². The van der Waals surface area contributed by atoms with Crippen LogP contribution in [0.25, 0.3) is 0 Å². The van der Waals surface area contributed by atoms with Crippen molar-refractivity contribution in [3.8, 4) is 0 Å². The Bertz CT molecular complexity index is 708. The van der Waals surface area contributed by atoms with Crippen LogP contribution < -0.4 is 10.6 Å². The molecule has 0 aliphatic carbocycles. The molecule has 1 heterocycles. The Morgan fingerprint density at radius 3 is 2.56 bits per heavy atom. The van der Waals surface area contributed by atoms with E-state index in [0.29, 0.717) is 23.1 Å². The van der Waals surface area contributed by atoms with Gasteiger partial charge in [0.1, 0.15) is 0 Å². The van der Waals surface area contributed by atoms with Crippen LogP contribution in [0.5, 0.6) is 0 Å². The summed E-state index contributed by atoms with van der Waals surface area (Å²) < 4.78 is 0. The number of nitrogens with zero attached hydrogens (tertiary/aromatic N) is 3. The zero-order chi connectivity index (χ0) is 18.4. The molecule has 1 amide bonds. The fourth-order valence-electron chi connectivity index (χ4n) is 2.41. The van der Waals surface area contributed by atoms with Crippen LogP contribution in [0.15, 0.2) is 24.3 Å². The van der Waals surface area contributed by atoms with Gasteiger partial charge in [-0.3, -0.25) is 4.79 Å². The lowest BCUT2D eigenvalue weighted by molar-refractivity contribution is 0.0946. The van der Waals surface area contributed by atoms with E-state index < -0.39 is 0 Å². The predicted octanol–water partition coefficient (Wildman–Crippen LogP) is 3.17. The molecule has 2 N–H and O–H groups in total. The monoisotopic (exact) mass is 361 g/mol. The van der Waals surface area contributed by atoms with Gasteiger partial charge in [0.05, 0.1) is 10.7 Å². The molecule has 2 rings (SSSR count). The third-order valence-electron chi connectivity index (χ3n) is 3.65. The number of aromatic nitrogens is 2. The predicted molar refractivity (Wildman–Crippen MR) is 102 cm³/mol. The van der Waals surface area contributed by atoms with Crippen LogP contribution in [0.1, 0.15) is 28.0 Å². The third kappa shape index (κ3) is 5.69. The SMILES string of the molecule is Cc1cc(C)c(Nc2ccc(C(=O)NCCCN(C)C)nn2)c(Cl)c1. The third-order valence-corrected chi connectivity index (χ3v) is 3.95. The highest BCUT2D eigenvalue weighted by molar-refractivity contribution is 6.33. The molecule has 0 unspecified atom stereocenters. The molecular weight excluding hydrogens is 338 g/mol. The highest BCUT2D eigenvalue weighted by Gasteiger charge is 2.10. The average Bonchev–Trinajstić information content (AvgIpc) is 2.55. The maximum Gasteiger partial charge on any atom is 0.271 e. The second-order valence-corrected chi connectivity index (χ2v) is 6.69. The molecule has 0 spiro atoms. The summed E-state index contributed by atoms with van der Waals surface area (Å²) >= 11 is 6.28. The number of nitrogens with one attached hydrogen (secondary N) is 2. The lowest BCUT2D eigenvalue weighted by Gasteiger charge is -2.12. The van der Waals surface area contributed by atoms with Gasteiger partial charge in [-0.05, 0) is 70.2 Å². The second-order valence-electron chi connectivity index (χ2n) is 6.28. The van der Waals surface area contributed by atoms with Gasteiger partial charge >= 0.3 is 0 Å². The Hall–Kier alpha value is -2.18. The first-order chi connectivity index (χ1) is 11.9. The molecule has 0 radical (unpaired) electrons. The number of carbonyl (C=O) groups excluding carboxylic acids is 1. The Kier molecular flexibility index (Phi) is 6.73. The molecule has 6 nitrogen and oxygen atoms in total. The van der Waals surface area contributed by atoms with E-state index in [1.165, 1.54) is 0 Å². The van der Waals surface area contributed by atoms with Crippen molar-refractivity contribution < 1.29 is 4.79 Å². The van der Waals surface area contributed by atoms with Crippen molar-refractivity contribution in [2.45, 2.75) is 20.3 Å². The van der Waals surface area contributed by atoms with E-state index >= 15 is 0 Å². The van der Waals surface area contributed by atoms with Gasteiger partial charge in [0.15, 0.2) is 11.5 Å². The largest absolute Gasteiger partial charge is 0.351 e. The topological polar surface area (TPSA) is 70.2 Å². The molecule has 134 valence electrons. The quantitative estimate of drug-likeness (QED) is 0.741. The molecule has 2 aromatic rings. The van der Waals surface area contributed by atoms with Crippen LogP contribution in [0.4, 0.5) is 11.5 Å². The Labute approximate surface area is 153 Å². The molecule has 0 aliphatic heterocycles. The number of rotatable bonds is 7. The van der Waals surface area contributed by atoms with Crippen LogP contribution in [0.3, 0.4) is 0 Å². The highest BCUT2D eigenvalue weighted by atomic mass is 35.5. The molecule has 0 bridgehead atoms. The van der Waals surface area contributed by atoms with Gasteiger partial charge in [0, 0.05) is 6.54 Å². The summed E-state index contributed by atoms with van der Waals surface area (Å²) in [7, 11) is 4.00. The summed E-state index contributed by atoms with van der Waals surface area (Å²) in [5.41, 5.74) is 3.21. The number of anilines is 2. The van der Waals surface area contributed by atoms with Crippen molar-refractivity contribution in [3.63, 3.8) is 0 Å². The molecule has 1 aromatic carbocycles. The van der Waals surface area contributed by atoms with Gasteiger partial charge in [-0.15, -0.1) is 10.2 Å². The molecule has 0 atom stereocenters. The van der Waals surface area contributed by atoms with Gasteiger partial charge < -0.3 is 15.5 Å². The fourth-order valence-corrected chi connectivity index (χ4v) is 2.78.